The highest BCUT2D eigenvalue weighted by Gasteiger charge is 2.18. The van der Waals surface area contributed by atoms with Crippen LogP contribution in [0.3, 0.4) is 0 Å². The Bertz CT molecular complexity index is 1110. The summed E-state index contributed by atoms with van der Waals surface area (Å²) in [5.41, 5.74) is 3.42. The quantitative estimate of drug-likeness (QED) is 0.401. The zero-order valence-corrected chi connectivity index (χ0v) is 16.0. The SMILES string of the molecule is Cc1ccccc1-c1nnc(SCc2ccc(F)cc2F)n1-c1ccccc1. The van der Waals surface area contributed by atoms with Crippen molar-refractivity contribution in [3.8, 4) is 17.1 Å². The number of hydrogen-bond donors (Lipinski definition) is 0. The van der Waals surface area contributed by atoms with Crippen LogP contribution in [0, 0.1) is 18.6 Å². The molecule has 0 unspecified atom stereocenters. The summed E-state index contributed by atoms with van der Waals surface area (Å²) in [4.78, 5) is 0. The largest absolute Gasteiger partial charge is 0.270 e. The molecule has 4 rings (SSSR count). The van der Waals surface area contributed by atoms with Crippen molar-refractivity contribution in [2.45, 2.75) is 17.8 Å². The predicted octanol–water partition coefficient (Wildman–Crippen LogP) is 5.81. The maximum atomic E-state index is 14.0. The number of para-hydroxylation sites is 1. The fourth-order valence-corrected chi connectivity index (χ4v) is 3.89. The molecule has 0 aliphatic heterocycles. The molecule has 1 aromatic heterocycles. The van der Waals surface area contributed by atoms with Crippen LogP contribution in [0.2, 0.25) is 0 Å². The third-order valence-corrected chi connectivity index (χ3v) is 5.38. The molecule has 140 valence electrons. The summed E-state index contributed by atoms with van der Waals surface area (Å²) in [6.07, 6.45) is 0. The number of aromatic nitrogens is 3. The van der Waals surface area contributed by atoms with Gasteiger partial charge < -0.3 is 0 Å². The smallest absolute Gasteiger partial charge is 0.196 e. The molecule has 3 nitrogen and oxygen atoms in total. The first-order chi connectivity index (χ1) is 13.6. The molecule has 0 aliphatic rings. The van der Waals surface area contributed by atoms with Gasteiger partial charge in [-0.1, -0.05) is 60.3 Å². The average molecular weight is 393 g/mol. The molecular formula is C22H17F2N3S. The van der Waals surface area contributed by atoms with E-state index in [0.717, 1.165) is 28.7 Å². The number of aryl methyl sites for hydroxylation is 1. The van der Waals surface area contributed by atoms with Gasteiger partial charge in [-0.15, -0.1) is 10.2 Å². The van der Waals surface area contributed by atoms with Crippen molar-refractivity contribution in [1.82, 2.24) is 14.8 Å². The minimum absolute atomic E-state index is 0.324. The Morgan fingerprint density at radius 1 is 0.893 bits per heavy atom. The molecule has 0 radical (unpaired) electrons. The van der Waals surface area contributed by atoms with Crippen molar-refractivity contribution >= 4 is 11.8 Å². The van der Waals surface area contributed by atoms with Crippen LogP contribution in [0.1, 0.15) is 11.1 Å². The molecule has 0 atom stereocenters. The van der Waals surface area contributed by atoms with Gasteiger partial charge in [-0.2, -0.15) is 0 Å². The van der Waals surface area contributed by atoms with E-state index in [1.54, 1.807) is 0 Å². The number of halogens is 2. The normalized spacial score (nSPS) is 11.0. The first-order valence-electron chi connectivity index (χ1n) is 8.77. The van der Waals surface area contributed by atoms with E-state index < -0.39 is 11.6 Å². The first-order valence-corrected chi connectivity index (χ1v) is 9.75. The highest BCUT2D eigenvalue weighted by atomic mass is 32.2. The van der Waals surface area contributed by atoms with Gasteiger partial charge in [-0.25, -0.2) is 8.78 Å². The summed E-state index contributed by atoms with van der Waals surface area (Å²) in [5, 5.41) is 9.41. The molecule has 0 bridgehead atoms. The minimum atomic E-state index is -0.583. The van der Waals surface area contributed by atoms with Gasteiger partial charge in [0.05, 0.1) is 0 Å². The van der Waals surface area contributed by atoms with E-state index in [-0.39, 0.29) is 0 Å². The van der Waals surface area contributed by atoms with Crippen molar-refractivity contribution < 1.29 is 8.78 Å². The van der Waals surface area contributed by atoms with Crippen LogP contribution in [0.4, 0.5) is 8.78 Å². The maximum Gasteiger partial charge on any atom is 0.196 e. The number of rotatable bonds is 5. The van der Waals surface area contributed by atoms with E-state index in [4.69, 9.17) is 0 Å². The van der Waals surface area contributed by atoms with Crippen LogP contribution in [-0.2, 0) is 5.75 Å². The topological polar surface area (TPSA) is 30.7 Å². The lowest BCUT2D eigenvalue weighted by atomic mass is 10.1. The van der Waals surface area contributed by atoms with Gasteiger partial charge >= 0.3 is 0 Å². The van der Waals surface area contributed by atoms with Gasteiger partial charge in [0.2, 0.25) is 0 Å². The summed E-state index contributed by atoms with van der Waals surface area (Å²) in [6, 6.07) is 21.4. The Morgan fingerprint density at radius 2 is 1.64 bits per heavy atom. The molecule has 28 heavy (non-hydrogen) atoms. The fraction of sp³-hybridized carbons (Fsp3) is 0.0909. The van der Waals surface area contributed by atoms with Crippen molar-refractivity contribution in [3.63, 3.8) is 0 Å². The van der Waals surface area contributed by atoms with Crippen LogP contribution < -0.4 is 0 Å². The molecular weight excluding hydrogens is 376 g/mol. The number of hydrogen-bond acceptors (Lipinski definition) is 3. The second-order valence-corrected chi connectivity index (χ2v) is 7.26. The molecule has 0 fully saturated rings. The van der Waals surface area contributed by atoms with Gasteiger partial charge in [-0.05, 0) is 36.2 Å². The molecule has 0 amide bonds. The Labute approximate surface area is 166 Å². The fourth-order valence-electron chi connectivity index (χ4n) is 2.95. The lowest BCUT2D eigenvalue weighted by Gasteiger charge is -2.12. The van der Waals surface area contributed by atoms with Crippen molar-refractivity contribution in [3.05, 3.63) is 95.6 Å². The zero-order chi connectivity index (χ0) is 19.5. The monoisotopic (exact) mass is 393 g/mol. The van der Waals surface area contributed by atoms with E-state index in [1.807, 2.05) is 66.1 Å². The van der Waals surface area contributed by atoms with Gasteiger partial charge in [0.1, 0.15) is 11.6 Å². The molecule has 0 spiro atoms. The number of nitrogens with zero attached hydrogens (tertiary/aromatic N) is 3. The van der Waals surface area contributed by atoms with Crippen LogP contribution >= 0.6 is 11.8 Å². The zero-order valence-electron chi connectivity index (χ0n) is 15.1. The average Bonchev–Trinajstić information content (AvgIpc) is 3.12. The summed E-state index contributed by atoms with van der Waals surface area (Å²) in [6.45, 7) is 2.03. The summed E-state index contributed by atoms with van der Waals surface area (Å²) in [5.74, 6) is -0.0884. The van der Waals surface area contributed by atoms with Crippen molar-refractivity contribution in [2.75, 3.05) is 0 Å². The number of thioether (sulfide) groups is 1. The van der Waals surface area contributed by atoms with E-state index in [2.05, 4.69) is 10.2 Å². The second-order valence-electron chi connectivity index (χ2n) is 6.32. The summed E-state index contributed by atoms with van der Waals surface area (Å²) >= 11 is 1.36. The van der Waals surface area contributed by atoms with Gasteiger partial charge in [0, 0.05) is 23.1 Å². The summed E-state index contributed by atoms with van der Waals surface area (Å²) in [7, 11) is 0. The van der Waals surface area contributed by atoms with Crippen molar-refractivity contribution in [2.24, 2.45) is 0 Å². The van der Waals surface area contributed by atoms with Crippen LogP contribution in [0.5, 0.6) is 0 Å². The van der Waals surface area contributed by atoms with Crippen molar-refractivity contribution in [1.29, 1.82) is 0 Å². The van der Waals surface area contributed by atoms with Crippen LogP contribution in [0.15, 0.2) is 78.0 Å². The first kappa shape index (κ1) is 18.4. The van der Waals surface area contributed by atoms with Gasteiger partial charge in [0.25, 0.3) is 0 Å². The van der Waals surface area contributed by atoms with Crippen LogP contribution in [-0.4, -0.2) is 14.8 Å². The Balaban J connectivity index is 1.74. The molecule has 3 aromatic carbocycles. The third-order valence-electron chi connectivity index (χ3n) is 4.41. The predicted molar refractivity (Wildman–Crippen MR) is 107 cm³/mol. The van der Waals surface area contributed by atoms with Crippen LogP contribution in [0.25, 0.3) is 17.1 Å². The van der Waals surface area contributed by atoms with E-state index >= 15 is 0 Å². The van der Waals surface area contributed by atoms with E-state index in [9.17, 15) is 8.78 Å². The number of benzene rings is 3. The van der Waals surface area contributed by atoms with E-state index in [0.29, 0.717) is 16.5 Å². The van der Waals surface area contributed by atoms with Gasteiger partial charge in [0.15, 0.2) is 11.0 Å². The van der Waals surface area contributed by atoms with E-state index in [1.165, 1.54) is 23.9 Å². The minimum Gasteiger partial charge on any atom is -0.270 e. The molecule has 0 aliphatic carbocycles. The lowest BCUT2D eigenvalue weighted by molar-refractivity contribution is 0.576. The lowest BCUT2D eigenvalue weighted by Crippen LogP contribution is -2.00. The highest BCUT2D eigenvalue weighted by molar-refractivity contribution is 7.98. The molecule has 1 heterocycles. The molecule has 0 saturated heterocycles. The Hall–Kier alpha value is -2.99. The third kappa shape index (κ3) is 3.68. The maximum absolute atomic E-state index is 14.0. The molecule has 0 N–H and O–H groups in total. The Kier molecular flexibility index (Phi) is 5.21. The van der Waals surface area contributed by atoms with Gasteiger partial charge in [-0.3, -0.25) is 4.57 Å². The second kappa shape index (κ2) is 7.94. The molecule has 0 saturated carbocycles. The molecule has 6 heteroatoms. The standard InChI is InChI=1S/C22H17F2N3S/c1-15-7-5-6-10-19(15)21-25-26-22(27(21)18-8-3-2-4-9-18)28-14-16-11-12-17(23)13-20(16)24/h2-13H,14H2,1H3. The Morgan fingerprint density at radius 3 is 2.39 bits per heavy atom. The molecule has 4 aromatic rings. The highest BCUT2D eigenvalue weighted by Crippen LogP contribution is 2.31. The summed E-state index contributed by atoms with van der Waals surface area (Å²) < 4.78 is 29.1.